The van der Waals surface area contributed by atoms with E-state index >= 15 is 0 Å². The standard InChI is InChI=1S/C20H13N7O4/c21-19-18(24-31-25-19)20-23-15-11-22-17(30-14-8-4-7-13(9-14)27(28)29)10-16(15)26(20)12-5-2-1-3-6-12/h1-11H,(H2,21,25). The second kappa shape index (κ2) is 7.22. The van der Waals surface area contributed by atoms with Gasteiger partial charge in [-0.15, -0.1) is 0 Å². The summed E-state index contributed by atoms with van der Waals surface area (Å²) in [6.07, 6.45) is 1.54. The number of aromatic nitrogens is 5. The molecule has 0 aliphatic heterocycles. The van der Waals surface area contributed by atoms with Crippen molar-refractivity contribution in [3.05, 3.63) is 77.0 Å². The largest absolute Gasteiger partial charge is 0.439 e. The highest BCUT2D eigenvalue weighted by Gasteiger charge is 2.21. The van der Waals surface area contributed by atoms with Crippen molar-refractivity contribution in [1.29, 1.82) is 0 Å². The first-order chi connectivity index (χ1) is 15.1. The van der Waals surface area contributed by atoms with Gasteiger partial charge in [0.25, 0.3) is 5.69 Å². The van der Waals surface area contributed by atoms with Crippen LogP contribution in [-0.2, 0) is 0 Å². The third kappa shape index (κ3) is 3.29. The van der Waals surface area contributed by atoms with Gasteiger partial charge in [-0.2, -0.15) is 0 Å². The lowest BCUT2D eigenvalue weighted by Gasteiger charge is -2.09. The van der Waals surface area contributed by atoms with Crippen LogP contribution in [0.1, 0.15) is 0 Å². The number of nitrogen functional groups attached to an aromatic ring is 1. The Morgan fingerprint density at radius 3 is 2.65 bits per heavy atom. The summed E-state index contributed by atoms with van der Waals surface area (Å²) in [7, 11) is 0. The Balaban J connectivity index is 1.65. The van der Waals surface area contributed by atoms with E-state index in [1.54, 1.807) is 18.2 Å². The Kier molecular flexibility index (Phi) is 4.25. The van der Waals surface area contributed by atoms with Gasteiger partial charge in [-0.05, 0) is 28.5 Å². The smallest absolute Gasteiger partial charge is 0.273 e. The first kappa shape index (κ1) is 18.2. The normalized spacial score (nSPS) is 11.0. The summed E-state index contributed by atoms with van der Waals surface area (Å²) < 4.78 is 12.3. The zero-order chi connectivity index (χ0) is 21.4. The fourth-order valence-electron chi connectivity index (χ4n) is 3.15. The molecule has 152 valence electrons. The lowest BCUT2D eigenvalue weighted by molar-refractivity contribution is -0.384. The lowest BCUT2D eigenvalue weighted by Crippen LogP contribution is -2.00. The van der Waals surface area contributed by atoms with Crippen LogP contribution < -0.4 is 10.5 Å². The summed E-state index contributed by atoms with van der Waals surface area (Å²) in [5, 5.41) is 18.5. The van der Waals surface area contributed by atoms with E-state index in [4.69, 9.17) is 15.1 Å². The highest BCUT2D eigenvalue weighted by molar-refractivity contribution is 5.84. The van der Waals surface area contributed by atoms with Crippen molar-refractivity contribution in [3.8, 4) is 28.8 Å². The number of imidazole rings is 1. The predicted molar refractivity (Wildman–Crippen MR) is 110 cm³/mol. The summed E-state index contributed by atoms with van der Waals surface area (Å²) in [6, 6.07) is 17.0. The number of para-hydroxylation sites is 1. The van der Waals surface area contributed by atoms with Crippen LogP contribution in [0.4, 0.5) is 11.5 Å². The van der Waals surface area contributed by atoms with Crippen molar-refractivity contribution in [1.82, 2.24) is 24.8 Å². The first-order valence-electron chi connectivity index (χ1n) is 9.05. The van der Waals surface area contributed by atoms with Crippen LogP contribution in [0.5, 0.6) is 11.6 Å². The number of hydrogen-bond acceptors (Lipinski definition) is 9. The number of pyridine rings is 1. The van der Waals surface area contributed by atoms with Crippen LogP contribution in [0.2, 0.25) is 0 Å². The van der Waals surface area contributed by atoms with Crippen LogP contribution in [-0.4, -0.2) is 29.8 Å². The third-order valence-electron chi connectivity index (χ3n) is 4.51. The Labute approximate surface area is 173 Å². The fraction of sp³-hybridized carbons (Fsp3) is 0. The highest BCUT2D eigenvalue weighted by atomic mass is 16.6. The van der Waals surface area contributed by atoms with E-state index in [0.29, 0.717) is 22.6 Å². The van der Waals surface area contributed by atoms with E-state index < -0.39 is 4.92 Å². The van der Waals surface area contributed by atoms with Crippen LogP contribution in [0.15, 0.2) is 71.5 Å². The first-order valence-corrected chi connectivity index (χ1v) is 9.05. The molecule has 0 radical (unpaired) electrons. The monoisotopic (exact) mass is 415 g/mol. The average molecular weight is 415 g/mol. The van der Waals surface area contributed by atoms with E-state index in [1.165, 1.54) is 18.3 Å². The van der Waals surface area contributed by atoms with Gasteiger partial charge in [-0.25, -0.2) is 14.6 Å². The molecule has 0 spiro atoms. The Morgan fingerprint density at radius 2 is 1.90 bits per heavy atom. The van der Waals surface area contributed by atoms with E-state index in [1.807, 2.05) is 34.9 Å². The minimum atomic E-state index is -0.489. The number of non-ortho nitro benzene ring substituents is 1. The number of nitrogens with zero attached hydrogens (tertiary/aromatic N) is 6. The number of ether oxygens (including phenoxy) is 1. The number of nitrogens with two attached hydrogens (primary N) is 1. The van der Waals surface area contributed by atoms with Gasteiger partial charge in [0.05, 0.1) is 22.7 Å². The molecule has 2 N–H and O–H groups in total. The molecule has 3 heterocycles. The van der Waals surface area contributed by atoms with E-state index in [9.17, 15) is 10.1 Å². The molecule has 3 aromatic heterocycles. The van der Waals surface area contributed by atoms with E-state index in [2.05, 4.69) is 20.3 Å². The molecule has 0 aliphatic rings. The Hall–Kier alpha value is -4.80. The maximum absolute atomic E-state index is 11.0. The van der Waals surface area contributed by atoms with Crippen LogP contribution in [0.3, 0.4) is 0 Å². The Bertz CT molecular complexity index is 1410. The average Bonchev–Trinajstić information content (AvgIpc) is 3.37. The van der Waals surface area contributed by atoms with Crippen LogP contribution >= 0.6 is 0 Å². The van der Waals surface area contributed by atoms with Gasteiger partial charge < -0.3 is 10.5 Å². The number of nitro benzene ring substituents is 1. The maximum Gasteiger partial charge on any atom is 0.273 e. The second-order valence-corrected chi connectivity index (χ2v) is 6.47. The van der Waals surface area contributed by atoms with Gasteiger partial charge in [-0.1, -0.05) is 24.3 Å². The molecule has 0 fully saturated rings. The van der Waals surface area contributed by atoms with Gasteiger partial charge in [0.2, 0.25) is 5.88 Å². The number of nitro groups is 1. The van der Waals surface area contributed by atoms with Crippen molar-refractivity contribution < 1.29 is 14.3 Å². The second-order valence-electron chi connectivity index (χ2n) is 6.47. The zero-order valence-corrected chi connectivity index (χ0v) is 15.7. The van der Waals surface area contributed by atoms with Gasteiger partial charge in [0.15, 0.2) is 17.3 Å². The lowest BCUT2D eigenvalue weighted by atomic mass is 10.3. The minimum Gasteiger partial charge on any atom is -0.439 e. The molecule has 2 aromatic carbocycles. The molecule has 31 heavy (non-hydrogen) atoms. The molecule has 0 saturated heterocycles. The molecular formula is C20H13N7O4. The Morgan fingerprint density at radius 1 is 1.06 bits per heavy atom. The topological polar surface area (TPSA) is 148 Å². The molecule has 0 aliphatic carbocycles. The van der Waals surface area contributed by atoms with Crippen molar-refractivity contribution in [2.75, 3.05) is 5.73 Å². The molecule has 0 bridgehead atoms. The molecule has 0 atom stereocenters. The molecule has 0 saturated carbocycles. The van der Waals surface area contributed by atoms with Crippen LogP contribution in [0, 0.1) is 10.1 Å². The molecule has 0 amide bonds. The van der Waals surface area contributed by atoms with Crippen molar-refractivity contribution >= 4 is 22.5 Å². The minimum absolute atomic E-state index is 0.0794. The van der Waals surface area contributed by atoms with Gasteiger partial charge in [0.1, 0.15) is 11.3 Å². The number of hydrogen-bond donors (Lipinski definition) is 1. The van der Waals surface area contributed by atoms with Crippen LogP contribution in [0.25, 0.3) is 28.2 Å². The maximum atomic E-state index is 11.0. The summed E-state index contributed by atoms with van der Waals surface area (Å²) in [4.78, 5) is 19.4. The molecule has 0 unspecified atom stereocenters. The summed E-state index contributed by atoms with van der Waals surface area (Å²) in [5.41, 5.74) is 8.14. The zero-order valence-electron chi connectivity index (χ0n) is 15.7. The number of fused-ring (bicyclic) bond motifs is 1. The molecule has 5 aromatic rings. The fourth-order valence-corrected chi connectivity index (χ4v) is 3.15. The molecular weight excluding hydrogens is 402 g/mol. The molecule has 11 nitrogen and oxygen atoms in total. The van der Waals surface area contributed by atoms with Crippen molar-refractivity contribution in [2.45, 2.75) is 0 Å². The summed E-state index contributed by atoms with van der Waals surface area (Å²) in [5.74, 6) is 1.06. The number of anilines is 1. The van der Waals surface area contributed by atoms with Gasteiger partial charge in [-0.3, -0.25) is 14.7 Å². The number of benzene rings is 2. The summed E-state index contributed by atoms with van der Waals surface area (Å²) >= 11 is 0. The third-order valence-corrected chi connectivity index (χ3v) is 4.51. The van der Waals surface area contributed by atoms with Crippen molar-refractivity contribution in [3.63, 3.8) is 0 Å². The SMILES string of the molecule is Nc1nonc1-c1nc2cnc(Oc3cccc([N+](=O)[O-])c3)cc2n1-c1ccccc1. The predicted octanol–water partition coefficient (Wildman–Crippen LogP) is 3.75. The quantitative estimate of drug-likeness (QED) is 0.334. The van der Waals surface area contributed by atoms with E-state index in [-0.39, 0.29) is 23.1 Å². The van der Waals surface area contributed by atoms with E-state index in [0.717, 1.165) is 5.69 Å². The van der Waals surface area contributed by atoms with Gasteiger partial charge in [0, 0.05) is 17.8 Å². The van der Waals surface area contributed by atoms with Crippen molar-refractivity contribution in [2.24, 2.45) is 0 Å². The molecule has 11 heteroatoms. The highest BCUT2D eigenvalue weighted by Crippen LogP contribution is 2.32. The van der Waals surface area contributed by atoms with Gasteiger partial charge >= 0.3 is 0 Å². The number of rotatable bonds is 5. The summed E-state index contributed by atoms with van der Waals surface area (Å²) in [6.45, 7) is 0. The molecule has 5 rings (SSSR count).